The Morgan fingerprint density at radius 1 is 1.28 bits per heavy atom. The number of hydrogen-bond acceptors (Lipinski definition) is 1. The molecule has 0 saturated carbocycles. The van der Waals surface area contributed by atoms with Gasteiger partial charge in [-0.3, -0.25) is 0 Å². The third kappa shape index (κ3) is 3.81. The first-order chi connectivity index (χ1) is 8.76. The van der Waals surface area contributed by atoms with Gasteiger partial charge in [0.1, 0.15) is 5.75 Å². The minimum absolute atomic E-state index is 0.424. The van der Waals surface area contributed by atoms with Crippen LogP contribution in [0, 0.1) is 12.3 Å². The number of rotatable bonds is 7. The molecule has 1 nitrogen and oxygen atoms in total. The average molecular weight is 244 g/mol. The molecule has 0 bridgehead atoms. The van der Waals surface area contributed by atoms with Gasteiger partial charge in [-0.25, -0.2) is 0 Å². The SMILES string of the molecule is C#CCC(CCC)c1cc(CC)ccc1OCC. The zero-order valence-electron chi connectivity index (χ0n) is 11.8. The van der Waals surface area contributed by atoms with E-state index in [0.717, 1.165) is 31.4 Å². The van der Waals surface area contributed by atoms with Gasteiger partial charge in [-0.1, -0.05) is 32.4 Å². The van der Waals surface area contributed by atoms with Crippen molar-refractivity contribution in [3.63, 3.8) is 0 Å². The summed E-state index contributed by atoms with van der Waals surface area (Å²) in [5.41, 5.74) is 2.64. The standard InChI is InChI=1S/C17H24O/c1-5-9-15(10-6-2)16-13-14(7-3)11-12-17(16)18-8-4/h1,11-13,15H,6-10H2,2-4H3. The Bertz CT molecular complexity index is 401. The Morgan fingerprint density at radius 3 is 2.61 bits per heavy atom. The van der Waals surface area contributed by atoms with Crippen molar-refractivity contribution in [2.75, 3.05) is 6.61 Å². The van der Waals surface area contributed by atoms with E-state index in [1.54, 1.807) is 0 Å². The van der Waals surface area contributed by atoms with E-state index in [9.17, 15) is 0 Å². The maximum absolute atomic E-state index is 5.74. The smallest absolute Gasteiger partial charge is 0.122 e. The van der Waals surface area contributed by atoms with Gasteiger partial charge >= 0.3 is 0 Å². The van der Waals surface area contributed by atoms with Gasteiger partial charge in [0.05, 0.1) is 6.61 Å². The summed E-state index contributed by atoms with van der Waals surface area (Å²) in [5.74, 6) is 4.23. The van der Waals surface area contributed by atoms with Crippen molar-refractivity contribution in [2.24, 2.45) is 0 Å². The fourth-order valence-corrected chi connectivity index (χ4v) is 2.28. The van der Waals surface area contributed by atoms with Crippen molar-refractivity contribution in [2.45, 2.75) is 52.4 Å². The van der Waals surface area contributed by atoms with Crippen LogP contribution in [0.2, 0.25) is 0 Å². The molecule has 0 aliphatic rings. The molecule has 0 spiro atoms. The summed E-state index contributed by atoms with van der Waals surface area (Å²) >= 11 is 0. The summed E-state index contributed by atoms with van der Waals surface area (Å²) in [4.78, 5) is 0. The predicted molar refractivity (Wildman–Crippen MR) is 78.1 cm³/mol. The Balaban J connectivity index is 3.10. The van der Waals surface area contributed by atoms with E-state index < -0.39 is 0 Å². The quantitative estimate of drug-likeness (QED) is 0.639. The number of terminal acetylenes is 1. The van der Waals surface area contributed by atoms with Crippen LogP contribution in [0.4, 0.5) is 0 Å². The zero-order chi connectivity index (χ0) is 13.4. The van der Waals surface area contributed by atoms with Crippen LogP contribution in [-0.2, 0) is 6.42 Å². The van der Waals surface area contributed by atoms with E-state index >= 15 is 0 Å². The molecule has 1 heteroatoms. The van der Waals surface area contributed by atoms with Gasteiger partial charge in [-0.2, -0.15) is 0 Å². The molecule has 0 N–H and O–H groups in total. The molecule has 1 rings (SSSR count). The van der Waals surface area contributed by atoms with E-state index in [4.69, 9.17) is 11.2 Å². The van der Waals surface area contributed by atoms with Gasteiger partial charge in [-0.05, 0) is 42.9 Å². The van der Waals surface area contributed by atoms with Crippen LogP contribution in [0.3, 0.4) is 0 Å². The van der Waals surface area contributed by atoms with Gasteiger partial charge in [-0.15, -0.1) is 12.3 Å². The van der Waals surface area contributed by atoms with Gasteiger partial charge in [0.2, 0.25) is 0 Å². The minimum atomic E-state index is 0.424. The molecule has 0 radical (unpaired) electrons. The van der Waals surface area contributed by atoms with Crippen LogP contribution in [0.15, 0.2) is 18.2 Å². The second kappa shape index (κ2) is 7.82. The number of ether oxygens (including phenoxy) is 1. The fourth-order valence-electron chi connectivity index (χ4n) is 2.28. The lowest BCUT2D eigenvalue weighted by atomic mass is 9.89. The maximum Gasteiger partial charge on any atom is 0.122 e. The Morgan fingerprint density at radius 2 is 2.06 bits per heavy atom. The van der Waals surface area contributed by atoms with Crippen molar-refractivity contribution in [1.29, 1.82) is 0 Å². The zero-order valence-corrected chi connectivity index (χ0v) is 11.8. The van der Waals surface area contributed by atoms with Crippen molar-refractivity contribution >= 4 is 0 Å². The molecule has 0 heterocycles. The van der Waals surface area contributed by atoms with Crippen LogP contribution < -0.4 is 4.74 Å². The van der Waals surface area contributed by atoms with Crippen LogP contribution in [0.5, 0.6) is 5.75 Å². The second-order valence-corrected chi connectivity index (χ2v) is 4.55. The second-order valence-electron chi connectivity index (χ2n) is 4.55. The molecule has 1 aromatic rings. The first-order valence-electron chi connectivity index (χ1n) is 6.95. The molecule has 0 aromatic heterocycles. The van der Waals surface area contributed by atoms with Crippen molar-refractivity contribution in [1.82, 2.24) is 0 Å². The third-order valence-corrected chi connectivity index (χ3v) is 3.22. The highest BCUT2D eigenvalue weighted by atomic mass is 16.5. The van der Waals surface area contributed by atoms with Gasteiger partial charge in [0, 0.05) is 6.42 Å². The lowest BCUT2D eigenvalue weighted by Gasteiger charge is -2.19. The highest BCUT2D eigenvalue weighted by Gasteiger charge is 2.15. The monoisotopic (exact) mass is 244 g/mol. The molecule has 0 saturated heterocycles. The van der Waals surface area contributed by atoms with E-state index in [1.165, 1.54) is 11.1 Å². The summed E-state index contributed by atoms with van der Waals surface area (Å²) < 4.78 is 5.74. The van der Waals surface area contributed by atoms with E-state index in [0.29, 0.717) is 12.5 Å². The molecule has 0 aliphatic heterocycles. The fraction of sp³-hybridized carbons (Fsp3) is 0.529. The lowest BCUT2D eigenvalue weighted by Crippen LogP contribution is -2.04. The predicted octanol–water partition coefficient (Wildman–Crippen LogP) is 4.55. The molecule has 18 heavy (non-hydrogen) atoms. The van der Waals surface area contributed by atoms with Crippen LogP contribution in [-0.4, -0.2) is 6.61 Å². The van der Waals surface area contributed by atoms with Crippen molar-refractivity contribution in [3.05, 3.63) is 29.3 Å². The molecule has 0 amide bonds. The normalized spacial score (nSPS) is 11.9. The maximum atomic E-state index is 5.74. The van der Waals surface area contributed by atoms with E-state index in [-0.39, 0.29) is 0 Å². The van der Waals surface area contributed by atoms with Gasteiger partial charge in [0.15, 0.2) is 0 Å². The Labute approximate surface area is 112 Å². The molecule has 1 atom stereocenters. The number of benzene rings is 1. The summed E-state index contributed by atoms with van der Waals surface area (Å²) in [7, 11) is 0. The molecule has 0 aliphatic carbocycles. The Hall–Kier alpha value is -1.42. The third-order valence-electron chi connectivity index (χ3n) is 3.22. The van der Waals surface area contributed by atoms with E-state index in [2.05, 4.69) is 38.0 Å². The highest BCUT2D eigenvalue weighted by molar-refractivity contribution is 5.40. The summed E-state index contributed by atoms with van der Waals surface area (Å²) in [6.45, 7) is 7.10. The lowest BCUT2D eigenvalue weighted by molar-refractivity contribution is 0.333. The molecular weight excluding hydrogens is 220 g/mol. The molecular formula is C17H24O. The molecule has 1 aromatic carbocycles. The number of aryl methyl sites for hydroxylation is 1. The van der Waals surface area contributed by atoms with E-state index in [1.807, 2.05) is 6.92 Å². The van der Waals surface area contributed by atoms with Gasteiger partial charge in [0.25, 0.3) is 0 Å². The van der Waals surface area contributed by atoms with Crippen LogP contribution >= 0.6 is 0 Å². The minimum Gasteiger partial charge on any atom is -0.494 e. The summed E-state index contributed by atoms with van der Waals surface area (Å²) in [6, 6.07) is 6.51. The van der Waals surface area contributed by atoms with Crippen LogP contribution in [0.25, 0.3) is 0 Å². The van der Waals surface area contributed by atoms with Gasteiger partial charge < -0.3 is 4.74 Å². The topological polar surface area (TPSA) is 9.23 Å². The Kier molecular flexibility index (Phi) is 6.36. The van der Waals surface area contributed by atoms with Crippen molar-refractivity contribution < 1.29 is 4.74 Å². The summed E-state index contributed by atoms with van der Waals surface area (Å²) in [5, 5.41) is 0. The molecule has 0 fully saturated rings. The largest absolute Gasteiger partial charge is 0.494 e. The summed E-state index contributed by atoms with van der Waals surface area (Å²) in [6.07, 6.45) is 9.61. The highest BCUT2D eigenvalue weighted by Crippen LogP contribution is 2.33. The first kappa shape index (κ1) is 14.6. The molecule has 1 unspecified atom stereocenters. The van der Waals surface area contributed by atoms with Crippen LogP contribution in [0.1, 0.15) is 57.1 Å². The van der Waals surface area contributed by atoms with Crippen molar-refractivity contribution in [3.8, 4) is 18.1 Å². The molecule has 98 valence electrons. The number of hydrogen-bond donors (Lipinski definition) is 0. The first-order valence-corrected chi connectivity index (χ1v) is 6.95. The average Bonchev–Trinajstić information content (AvgIpc) is 2.39.